The largest absolute Gasteiger partial charge is 0.497 e. The number of benzene rings is 2. The van der Waals surface area contributed by atoms with Gasteiger partial charge in [-0.2, -0.15) is 0 Å². The van der Waals surface area contributed by atoms with Gasteiger partial charge in [-0.3, -0.25) is 9.98 Å². The van der Waals surface area contributed by atoms with Gasteiger partial charge in [0.05, 0.1) is 19.7 Å². The molecule has 148 valence electrons. The smallest absolute Gasteiger partial charge is 0.168 e. The van der Waals surface area contributed by atoms with Crippen LogP contribution in [0.1, 0.15) is 11.1 Å². The van der Waals surface area contributed by atoms with Crippen molar-refractivity contribution in [2.45, 2.75) is 19.0 Å². The maximum absolute atomic E-state index is 5.25. The van der Waals surface area contributed by atoms with Crippen molar-refractivity contribution < 1.29 is 4.74 Å². The molecule has 29 heavy (non-hydrogen) atoms. The van der Waals surface area contributed by atoms with Gasteiger partial charge in [-0.25, -0.2) is 0 Å². The van der Waals surface area contributed by atoms with Gasteiger partial charge in [-0.05, 0) is 41.2 Å². The first-order valence-corrected chi connectivity index (χ1v) is 11.5. The summed E-state index contributed by atoms with van der Waals surface area (Å²) in [7, 11) is 1.70. The van der Waals surface area contributed by atoms with Crippen molar-refractivity contribution >= 4 is 39.5 Å². The average Bonchev–Trinajstić information content (AvgIpc) is 3.33. The third kappa shape index (κ3) is 4.02. The zero-order chi connectivity index (χ0) is 19.6. The van der Waals surface area contributed by atoms with Gasteiger partial charge >= 0.3 is 0 Å². The Morgan fingerprint density at radius 1 is 1.21 bits per heavy atom. The molecule has 1 unspecified atom stereocenters. The molecule has 0 fully saturated rings. The Bertz CT molecular complexity index is 1000. The Labute approximate surface area is 179 Å². The lowest BCUT2D eigenvalue weighted by atomic mass is 10.1. The summed E-state index contributed by atoms with van der Waals surface area (Å²) in [4.78, 5) is 12.0. The Kier molecular flexibility index (Phi) is 5.24. The first-order valence-electron chi connectivity index (χ1n) is 9.64. The summed E-state index contributed by atoms with van der Waals surface area (Å²) in [6.07, 6.45) is 0.954. The van der Waals surface area contributed by atoms with E-state index in [0.29, 0.717) is 6.04 Å². The number of fused-ring (bicyclic) bond motifs is 2. The lowest BCUT2D eigenvalue weighted by molar-refractivity contribution is 0.414. The maximum atomic E-state index is 5.25. The summed E-state index contributed by atoms with van der Waals surface area (Å²) in [6.45, 7) is 1.70. The van der Waals surface area contributed by atoms with Crippen LogP contribution in [-0.4, -0.2) is 40.7 Å². The van der Waals surface area contributed by atoms with Crippen molar-refractivity contribution in [1.29, 1.82) is 0 Å². The van der Waals surface area contributed by atoms with Gasteiger partial charge < -0.3 is 15.0 Å². The number of para-hydroxylation sites is 1. The van der Waals surface area contributed by atoms with E-state index in [1.165, 1.54) is 22.5 Å². The van der Waals surface area contributed by atoms with E-state index in [0.717, 1.165) is 41.3 Å². The molecule has 1 N–H and O–H groups in total. The van der Waals surface area contributed by atoms with Gasteiger partial charge in [-0.15, -0.1) is 0 Å². The van der Waals surface area contributed by atoms with E-state index in [4.69, 9.17) is 9.73 Å². The standard InChI is InChI=1S/C22H22N4OS2/c1-27-19-8-6-15(7-9-19)10-17-12-26-18(14-29-22(26)24-17)13-28-21-23-11-16-4-2-3-5-20(16)25-21/h2-9,14,17H,10-13H2,1H3,(H,23,25). The van der Waals surface area contributed by atoms with Crippen LogP contribution in [0.25, 0.3) is 0 Å². The number of thioether (sulfide) groups is 2. The number of anilines is 1. The van der Waals surface area contributed by atoms with E-state index >= 15 is 0 Å². The van der Waals surface area contributed by atoms with Crippen LogP contribution < -0.4 is 10.1 Å². The van der Waals surface area contributed by atoms with Crippen LogP contribution in [0.2, 0.25) is 0 Å². The Balaban J connectivity index is 1.16. The number of methoxy groups -OCH3 is 1. The lowest BCUT2D eigenvalue weighted by Crippen LogP contribution is -2.26. The fraction of sp³-hybridized carbons (Fsp3) is 0.273. The van der Waals surface area contributed by atoms with Gasteiger partial charge in [0.1, 0.15) is 5.75 Å². The molecule has 0 amide bonds. The summed E-state index contributed by atoms with van der Waals surface area (Å²) >= 11 is 3.50. The van der Waals surface area contributed by atoms with Gasteiger partial charge in [-0.1, -0.05) is 53.9 Å². The van der Waals surface area contributed by atoms with Crippen molar-refractivity contribution in [1.82, 2.24) is 4.90 Å². The molecular weight excluding hydrogens is 400 g/mol. The minimum Gasteiger partial charge on any atom is -0.497 e. The summed E-state index contributed by atoms with van der Waals surface area (Å²) in [5.41, 5.74) is 5.04. The van der Waals surface area contributed by atoms with E-state index in [1.807, 2.05) is 12.1 Å². The zero-order valence-electron chi connectivity index (χ0n) is 16.2. The van der Waals surface area contributed by atoms with Crippen LogP contribution in [0.3, 0.4) is 0 Å². The van der Waals surface area contributed by atoms with Crippen molar-refractivity contribution in [2.75, 3.05) is 24.7 Å². The second kappa shape index (κ2) is 8.16. The minimum atomic E-state index is 0.302. The van der Waals surface area contributed by atoms with E-state index in [2.05, 4.69) is 57.0 Å². The molecule has 0 saturated heterocycles. The van der Waals surface area contributed by atoms with E-state index in [9.17, 15) is 0 Å². The molecule has 3 aliphatic rings. The molecule has 5 nitrogen and oxygen atoms in total. The molecule has 3 aliphatic heterocycles. The summed E-state index contributed by atoms with van der Waals surface area (Å²) in [5.74, 6) is 1.79. The first-order chi connectivity index (χ1) is 14.3. The summed E-state index contributed by atoms with van der Waals surface area (Å²) in [5, 5.41) is 7.80. The fourth-order valence-electron chi connectivity index (χ4n) is 3.65. The van der Waals surface area contributed by atoms with Crippen LogP contribution in [0.4, 0.5) is 5.69 Å². The number of hydrogen-bond donors (Lipinski definition) is 1. The molecule has 0 spiro atoms. The zero-order valence-corrected chi connectivity index (χ0v) is 17.8. The van der Waals surface area contributed by atoms with E-state index in [1.54, 1.807) is 30.6 Å². The summed E-state index contributed by atoms with van der Waals surface area (Å²) in [6, 6.07) is 17.0. The quantitative estimate of drug-likeness (QED) is 0.764. The van der Waals surface area contributed by atoms with Crippen molar-refractivity contribution in [2.24, 2.45) is 9.98 Å². The normalized spacial score (nSPS) is 19.7. The molecule has 0 aliphatic carbocycles. The molecule has 0 radical (unpaired) electrons. The van der Waals surface area contributed by atoms with Crippen molar-refractivity contribution in [3.63, 3.8) is 0 Å². The minimum absolute atomic E-state index is 0.302. The predicted molar refractivity (Wildman–Crippen MR) is 124 cm³/mol. The Hall–Kier alpha value is -2.38. The van der Waals surface area contributed by atoms with Crippen LogP contribution in [0.5, 0.6) is 5.75 Å². The number of hydrogen-bond acceptors (Lipinski definition) is 7. The highest BCUT2D eigenvalue weighted by Gasteiger charge is 2.32. The SMILES string of the molecule is COc1ccc(CC2CN3C(CSC4=NCc5ccccc5N4)=CSC3=N2)cc1. The highest BCUT2D eigenvalue weighted by molar-refractivity contribution is 8.17. The first kappa shape index (κ1) is 18.6. The average molecular weight is 423 g/mol. The monoisotopic (exact) mass is 422 g/mol. The van der Waals surface area contributed by atoms with Crippen LogP contribution >= 0.6 is 23.5 Å². The molecule has 3 heterocycles. The number of nitrogens with one attached hydrogen (secondary N) is 1. The van der Waals surface area contributed by atoms with Crippen molar-refractivity contribution in [3.05, 3.63) is 70.8 Å². The highest BCUT2D eigenvalue weighted by atomic mass is 32.2. The third-order valence-electron chi connectivity index (χ3n) is 5.20. The second-order valence-corrected chi connectivity index (χ2v) is 8.95. The molecule has 1 atom stereocenters. The lowest BCUT2D eigenvalue weighted by Gasteiger charge is -2.20. The number of ether oxygens (including phenoxy) is 1. The number of nitrogens with zero attached hydrogens (tertiary/aromatic N) is 3. The molecule has 0 aromatic heterocycles. The molecule has 7 heteroatoms. The van der Waals surface area contributed by atoms with Gasteiger partial charge in [0.15, 0.2) is 10.3 Å². The Morgan fingerprint density at radius 2 is 2.07 bits per heavy atom. The van der Waals surface area contributed by atoms with E-state index in [-0.39, 0.29) is 0 Å². The molecule has 5 rings (SSSR count). The van der Waals surface area contributed by atoms with Gasteiger partial charge in [0.25, 0.3) is 0 Å². The molecule has 0 saturated carbocycles. The van der Waals surface area contributed by atoms with E-state index < -0.39 is 0 Å². The number of rotatable bonds is 5. The second-order valence-electron chi connectivity index (χ2n) is 7.15. The number of aliphatic imine (C=N–C) groups is 2. The van der Waals surface area contributed by atoms with Crippen LogP contribution in [0.15, 0.2) is 69.6 Å². The van der Waals surface area contributed by atoms with Crippen LogP contribution in [0, 0.1) is 0 Å². The molecule has 2 aromatic carbocycles. The molecular formula is C22H22N4OS2. The molecule has 0 bridgehead atoms. The van der Waals surface area contributed by atoms with Gasteiger partial charge in [0, 0.05) is 23.7 Å². The molecule has 2 aromatic rings. The van der Waals surface area contributed by atoms with Crippen molar-refractivity contribution in [3.8, 4) is 5.75 Å². The highest BCUT2D eigenvalue weighted by Crippen LogP contribution is 2.34. The fourth-order valence-corrected chi connectivity index (χ4v) is 5.59. The maximum Gasteiger partial charge on any atom is 0.168 e. The topological polar surface area (TPSA) is 49.2 Å². The van der Waals surface area contributed by atoms with Gasteiger partial charge in [0.2, 0.25) is 0 Å². The predicted octanol–water partition coefficient (Wildman–Crippen LogP) is 4.58. The Morgan fingerprint density at radius 3 is 2.93 bits per heavy atom. The van der Waals surface area contributed by atoms with Crippen LogP contribution in [-0.2, 0) is 13.0 Å². The number of amidine groups is 2. The third-order valence-corrected chi connectivity index (χ3v) is 7.07. The summed E-state index contributed by atoms with van der Waals surface area (Å²) < 4.78 is 5.25.